The van der Waals surface area contributed by atoms with Gasteiger partial charge in [0.2, 0.25) is 5.82 Å². The Morgan fingerprint density at radius 1 is 1.36 bits per heavy atom. The highest BCUT2D eigenvalue weighted by Crippen LogP contribution is 2.33. The number of fused-ring (bicyclic) bond motifs is 1. The van der Waals surface area contributed by atoms with Crippen LogP contribution < -0.4 is 5.32 Å². The van der Waals surface area contributed by atoms with Gasteiger partial charge in [-0.25, -0.2) is 4.98 Å². The summed E-state index contributed by atoms with van der Waals surface area (Å²) in [6, 6.07) is 0.288. The summed E-state index contributed by atoms with van der Waals surface area (Å²) in [6.45, 7) is 1.41. The molecule has 1 saturated heterocycles. The lowest BCUT2D eigenvalue weighted by Gasteiger charge is -2.25. The standard InChI is InChI=1S/C16H18F3N5O/c17-16(18,19)15-22-13(12-8-20-6-7-23(12)15)14(25)24(11-3-4-11)9-10-2-1-5-21-10/h6-8,10-11,21H,1-5,9H2. The number of alkyl halides is 3. The van der Waals surface area contributed by atoms with Crippen molar-refractivity contribution in [2.24, 2.45) is 0 Å². The van der Waals surface area contributed by atoms with Crippen LogP contribution in [-0.2, 0) is 6.18 Å². The van der Waals surface area contributed by atoms with Gasteiger partial charge in [0, 0.05) is 31.0 Å². The third-order valence-electron chi connectivity index (χ3n) is 4.73. The molecule has 1 aliphatic heterocycles. The number of nitrogens with zero attached hydrogens (tertiary/aromatic N) is 4. The van der Waals surface area contributed by atoms with Crippen molar-refractivity contribution in [3.8, 4) is 0 Å². The van der Waals surface area contributed by atoms with Crippen molar-refractivity contribution in [1.29, 1.82) is 0 Å². The van der Waals surface area contributed by atoms with Crippen molar-refractivity contribution in [1.82, 2.24) is 24.6 Å². The third kappa shape index (κ3) is 3.08. The average molecular weight is 353 g/mol. The Kier molecular flexibility index (Phi) is 3.90. The number of carbonyl (C=O) groups is 1. The molecule has 0 radical (unpaired) electrons. The van der Waals surface area contributed by atoms with Crippen molar-refractivity contribution >= 4 is 11.4 Å². The van der Waals surface area contributed by atoms with Gasteiger partial charge in [-0.15, -0.1) is 0 Å². The Labute approximate surface area is 142 Å². The van der Waals surface area contributed by atoms with Crippen LogP contribution in [0.5, 0.6) is 0 Å². The maximum atomic E-state index is 13.3. The number of aromatic nitrogens is 3. The maximum absolute atomic E-state index is 13.3. The maximum Gasteiger partial charge on any atom is 0.450 e. The summed E-state index contributed by atoms with van der Waals surface area (Å²) in [5, 5.41) is 3.33. The van der Waals surface area contributed by atoms with Gasteiger partial charge in [0.15, 0.2) is 5.69 Å². The Balaban J connectivity index is 1.71. The number of hydrogen-bond acceptors (Lipinski definition) is 4. The Bertz CT molecular complexity index is 793. The quantitative estimate of drug-likeness (QED) is 0.914. The number of imidazole rings is 1. The molecule has 4 rings (SSSR count). The first-order valence-corrected chi connectivity index (χ1v) is 8.39. The summed E-state index contributed by atoms with van der Waals surface area (Å²) >= 11 is 0. The van der Waals surface area contributed by atoms with E-state index in [1.54, 1.807) is 4.90 Å². The molecule has 134 valence electrons. The largest absolute Gasteiger partial charge is 0.450 e. The van der Waals surface area contributed by atoms with Crippen LogP contribution in [0.4, 0.5) is 13.2 Å². The normalized spacial score (nSPS) is 21.0. The van der Waals surface area contributed by atoms with E-state index in [1.807, 2.05) is 0 Å². The van der Waals surface area contributed by atoms with Crippen LogP contribution in [0.2, 0.25) is 0 Å². The van der Waals surface area contributed by atoms with Gasteiger partial charge in [0.05, 0.1) is 11.7 Å². The molecule has 0 aromatic carbocycles. The fraction of sp³-hybridized carbons (Fsp3) is 0.562. The van der Waals surface area contributed by atoms with Gasteiger partial charge in [0.1, 0.15) is 0 Å². The van der Waals surface area contributed by atoms with Gasteiger partial charge >= 0.3 is 6.18 Å². The van der Waals surface area contributed by atoms with Crippen molar-refractivity contribution < 1.29 is 18.0 Å². The zero-order valence-corrected chi connectivity index (χ0v) is 13.5. The summed E-state index contributed by atoms with van der Waals surface area (Å²) in [4.78, 5) is 22.2. The van der Waals surface area contributed by atoms with E-state index in [1.165, 1.54) is 18.6 Å². The molecule has 1 saturated carbocycles. The molecule has 1 aliphatic carbocycles. The minimum atomic E-state index is -4.64. The molecule has 2 aromatic heterocycles. The van der Waals surface area contributed by atoms with E-state index in [4.69, 9.17) is 0 Å². The van der Waals surface area contributed by atoms with Crippen molar-refractivity contribution in [2.45, 2.75) is 43.9 Å². The summed E-state index contributed by atoms with van der Waals surface area (Å²) in [5.74, 6) is -1.54. The number of rotatable bonds is 4. The van der Waals surface area contributed by atoms with E-state index in [9.17, 15) is 18.0 Å². The van der Waals surface area contributed by atoms with Gasteiger partial charge in [-0.3, -0.25) is 14.2 Å². The lowest BCUT2D eigenvalue weighted by molar-refractivity contribution is -0.145. The number of halogens is 3. The van der Waals surface area contributed by atoms with E-state index < -0.39 is 17.9 Å². The minimum Gasteiger partial charge on any atom is -0.333 e. The van der Waals surface area contributed by atoms with Crippen molar-refractivity contribution in [3.63, 3.8) is 0 Å². The van der Waals surface area contributed by atoms with E-state index in [-0.39, 0.29) is 23.3 Å². The molecule has 2 aliphatic rings. The lowest BCUT2D eigenvalue weighted by atomic mass is 10.2. The molecule has 2 fully saturated rings. The van der Waals surface area contributed by atoms with E-state index in [0.717, 1.165) is 36.6 Å². The monoisotopic (exact) mass is 353 g/mol. The van der Waals surface area contributed by atoms with E-state index in [2.05, 4.69) is 15.3 Å². The molecule has 2 aromatic rings. The Hall–Kier alpha value is -2.16. The van der Waals surface area contributed by atoms with Gasteiger partial charge < -0.3 is 10.2 Å². The highest BCUT2D eigenvalue weighted by atomic mass is 19.4. The molecule has 3 heterocycles. The summed E-state index contributed by atoms with van der Waals surface area (Å²) < 4.78 is 40.7. The predicted molar refractivity (Wildman–Crippen MR) is 83.1 cm³/mol. The molecule has 6 nitrogen and oxygen atoms in total. The van der Waals surface area contributed by atoms with Crippen LogP contribution in [0.3, 0.4) is 0 Å². The summed E-state index contributed by atoms with van der Waals surface area (Å²) in [5.41, 5.74) is -0.0878. The highest BCUT2D eigenvalue weighted by Gasteiger charge is 2.41. The molecule has 1 N–H and O–H groups in total. The molecule has 1 amide bonds. The third-order valence-corrected chi connectivity index (χ3v) is 4.73. The molecule has 25 heavy (non-hydrogen) atoms. The van der Waals surface area contributed by atoms with Gasteiger partial charge in [-0.2, -0.15) is 13.2 Å². The number of hydrogen-bond donors (Lipinski definition) is 1. The molecular weight excluding hydrogens is 335 g/mol. The highest BCUT2D eigenvalue weighted by molar-refractivity contribution is 5.99. The number of amides is 1. The number of nitrogens with one attached hydrogen (secondary N) is 1. The smallest absolute Gasteiger partial charge is 0.333 e. The lowest BCUT2D eigenvalue weighted by Crippen LogP contribution is -2.42. The fourth-order valence-corrected chi connectivity index (χ4v) is 3.37. The van der Waals surface area contributed by atoms with Crippen LogP contribution in [0, 0.1) is 0 Å². The molecule has 1 atom stereocenters. The van der Waals surface area contributed by atoms with Crippen LogP contribution in [0.25, 0.3) is 5.52 Å². The van der Waals surface area contributed by atoms with E-state index in [0.29, 0.717) is 6.54 Å². The fourth-order valence-electron chi connectivity index (χ4n) is 3.37. The van der Waals surface area contributed by atoms with E-state index >= 15 is 0 Å². The van der Waals surface area contributed by atoms with Crippen molar-refractivity contribution in [2.75, 3.05) is 13.1 Å². The van der Waals surface area contributed by atoms with Crippen molar-refractivity contribution in [3.05, 3.63) is 30.1 Å². The molecule has 1 unspecified atom stereocenters. The van der Waals surface area contributed by atoms with Crippen LogP contribution >= 0.6 is 0 Å². The van der Waals surface area contributed by atoms with Crippen LogP contribution in [0.1, 0.15) is 42.0 Å². The Morgan fingerprint density at radius 3 is 2.80 bits per heavy atom. The molecule has 0 spiro atoms. The summed E-state index contributed by atoms with van der Waals surface area (Å²) in [7, 11) is 0. The first-order chi connectivity index (χ1) is 11.9. The Morgan fingerprint density at radius 2 is 2.16 bits per heavy atom. The SMILES string of the molecule is O=C(c1nc(C(F)(F)F)n2ccncc12)N(CC1CCCN1)C1CC1. The topological polar surface area (TPSA) is 62.5 Å². The minimum absolute atomic E-state index is 0.0878. The molecule has 0 bridgehead atoms. The van der Waals surface area contributed by atoms with Crippen LogP contribution in [0.15, 0.2) is 18.6 Å². The zero-order chi connectivity index (χ0) is 17.6. The first kappa shape index (κ1) is 16.3. The first-order valence-electron chi connectivity index (χ1n) is 8.39. The average Bonchev–Trinajstić information content (AvgIpc) is 3.13. The van der Waals surface area contributed by atoms with Gasteiger partial charge in [0.25, 0.3) is 5.91 Å². The van der Waals surface area contributed by atoms with Crippen LogP contribution in [-0.4, -0.2) is 50.3 Å². The summed E-state index contributed by atoms with van der Waals surface area (Å²) in [6.07, 6.45) is 2.84. The van der Waals surface area contributed by atoms with Gasteiger partial charge in [-0.1, -0.05) is 0 Å². The second-order valence-electron chi connectivity index (χ2n) is 6.60. The second kappa shape index (κ2) is 5.98. The molecular formula is C16H18F3N5O. The second-order valence-corrected chi connectivity index (χ2v) is 6.60. The predicted octanol–water partition coefficient (Wildman–Crippen LogP) is 2.10. The number of carbonyl (C=O) groups excluding carboxylic acids is 1. The zero-order valence-electron chi connectivity index (χ0n) is 13.5. The van der Waals surface area contributed by atoms with Gasteiger partial charge in [-0.05, 0) is 32.2 Å². The molecule has 9 heteroatoms.